The fourth-order valence-corrected chi connectivity index (χ4v) is 3.16. The predicted octanol–water partition coefficient (Wildman–Crippen LogP) is 1.92. The molecule has 0 spiro atoms. The van der Waals surface area contributed by atoms with Crippen LogP contribution in [0.1, 0.15) is 42.3 Å². The van der Waals surface area contributed by atoms with E-state index >= 15 is 0 Å². The number of nitrogens with one attached hydrogen (secondary N) is 1. The zero-order valence-electron chi connectivity index (χ0n) is 13.9. The zero-order chi connectivity index (χ0) is 17.7. The lowest BCUT2D eigenvalue weighted by molar-refractivity contribution is 0.0895. The Morgan fingerprint density at radius 3 is 2.58 bits per heavy atom. The molecule has 0 bridgehead atoms. The van der Waals surface area contributed by atoms with Crippen molar-refractivity contribution in [3.8, 4) is 0 Å². The Bertz CT molecular complexity index is 797. The Morgan fingerprint density at radius 1 is 1.29 bits per heavy atom. The van der Waals surface area contributed by atoms with Gasteiger partial charge in [-0.05, 0) is 32.4 Å². The lowest BCUT2D eigenvalue weighted by Crippen LogP contribution is -2.32. The highest BCUT2D eigenvalue weighted by Crippen LogP contribution is 2.13. The molecule has 130 valence electrons. The molecule has 2 rings (SSSR count). The van der Waals surface area contributed by atoms with Gasteiger partial charge in [-0.1, -0.05) is 29.8 Å². The van der Waals surface area contributed by atoms with E-state index in [1.165, 1.54) is 0 Å². The van der Waals surface area contributed by atoms with Gasteiger partial charge in [-0.3, -0.25) is 4.79 Å². The molecule has 24 heavy (non-hydrogen) atoms. The van der Waals surface area contributed by atoms with E-state index < -0.39 is 15.7 Å². The Kier molecular flexibility index (Phi) is 5.71. The number of carbonyl (C=O) groups is 1. The summed E-state index contributed by atoms with van der Waals surface area (Å²) in [5.74, 6) is -0.565. The summed E-state index contributed by atoms with van der Waals surface area (Å²) in [5.41, 5.74) is 0.990. The lowest BCUT2D eigenvalue weighted by Gasteiger charge is -2.07. The van der Waals surface area contributed by atoms with Crippen LogP contribution in [0.25, 0.3) is 0 Å². The summed E-state index contributed by atoms with van der Waals surface area (Å²) in [5, 5.41) is 6.38. The Balaban J connectivity index is 2.00. The molecular weight excluding hydrogens is 330 g/mol. The van der Waals surface area contributed by atoms with Crippen molar-refractivity contribution in [2.45, 2.75) is 44.6 Å². The normalized spacial score (nSPS) is 12.8. The second-order valence-electron chi connectivity index (χ2n) is 5.68. The van der Waals surface area contributed by atoms with E-state index in [0.29, 0.717) is 0 Å². The van der Waals surface area contributed by atoms with Gasteiger partial charge in [0.2, 0.25) is 0 Å². The molecule has 1 aromatic heterocycles. The van der Waals surface area contributed by atoms with Crippen molar-refractivity contribution in [2.75, 3.05) is 5.75 Å². The highest BCUT2D eigenvalue weighted by molar-refractivity contribution is 7.91. The third kappa shape index (κ3) is 4.64. The molecule has 0 aliphatic carbocycles. The number of aryl methyl sites for hydroxylation is 2. The number of nitrogens with zero attached hydrogens (tertiary/aromatic N) is 2. The number of carbonyl (C=O) groups excluding carboxylic acids is 1. The third-order valence-electron chi connectivity index (χ3n) is 3.63. The largest absolute Gasteiger partial charge is 0.345 e. The van der Waals surface area contributed by atoms with E-state index in [1.54, 1.807) is 24.3 Å². The first-order valence-electron chi connectivity index (χ1n) is 7.74. The molecule has 0 saturated heterocycles. The minimum atomic E-state index is -3.43. The molecule has 1 heterocycles. The number of amides is 1. The van der Waals surface area contributed by atoms with Crippen molar-refractivity contribution in [2.24, 2.45) is 0 Å². The Labute approximate surface area is 141 Å². The van der Waals surface area contributed by atoms with E-state index in [2.05, 4.69) is 15.5 Å². The van der Waals surface area contributed by atoms with Crippen LogP contribution in [0, 0.1) is 6.92 Å². The summed E-state index contributed by atoms with van der Waals surface area (Å²) in [7, 11) is -3.43. The first kappa shape index (κ1) is 18.1. The summed E-state index contributed by atoms with van der Waals surface area (Å²) in [4.78, 5) is 16.1. The smallest absolute Gasteiger partial charge is 0.315 e. The first-order chi connectivity index (χ1) is 11.3. The van der Waals surface area contributed by atoms with Crippen LogP contribution < -0.4 is 5.32 Å². The monoisotopic (exact) mass is 351 g/mol. The lowest BCUT2D eigenvalue weighted by atomic mass is 10.2. The summed E-state index contributed by atoms with van der Waals surface area (Å²) in [6.45, 7) is 5.70. The third-order valence-corrected chi connectivity index (χ3v) is 5.36. The van der Waals surface area contributed by atoms with Gasteiger partial charge >= 0.3 is 11.8 Å². The van der Waals surface area contributed by atoms with E-state index in [0.717, 1.165) is 12.0 Å². The van der Waals surface area contributed by atoms with Crippen molar-refractivity contribution in [3.63, 3.8) is 0 Å². The van der Waals surface area contributed by atoms with Crippen LogP contribution in [-0.2, 0) is 16.3 Å². The molecule has 7 nitrogen and oxygen atoms in total. The molecule has 0 aliphatic rings. The average Bonchev–Trinajstić information content (AvgIpc) is 3.02. The SMILES string of the molecule is CC[C@H](C)NC(=O)c1nc(CCS(=O)(=O)c2ccc(C)cc2)no1. The second-order valence-corrected chi connectivity index (χ2v) is 7.79. The van der Waals surface area contributed by atoms with Crippen LogP contribution >= 0.6 is 0 Å². The zero-order valence-corrected chi connectivity index (χ0v) is 14.8. The van der Waals surface area contributed by atoms with Crippen molar-refractivity contribution in [1.82, 2.24) is 15.5 Å². The van der Waals surface area contributed by atoms with E-state index in [4.69, 9.17) is 4.52 Å². The predicted molar refractivity (Wildman–Crippen MR) is 88.5 cm³/mol. The molecule has 0 saturated carbocycles. The molecule has 1 aromatic carbocycles. The van der Waals surface area contributed by atoms with Gasteiger partial charge in [-0.25, -0.2) is 8.42 Å². The van der Waals surface area contributed by atoms with E-state index in [9.17, 15) is 13.2 Å². The summed E-state index contributed by atoms with van der Waals surface area (Å²) >= 11 is 0. The van der Waals surface area contributed by atoms with Gasteiger partial charge in [0.1, 0.15) is 0 Å². The minimum Gasteiger partial charge on any atom is -0.345 e. The molecule has 8 heteroatoms. The fraction of sp³-hybridized carbons (Fsp3) is 0.438. The molecule has 0 radical (unpaired) electrons. The van der Waals surface area contributed by atoms with E-state index in [1.807, 2.05) is 20.8 Å². The molecule has 1 amide bonds. The first-order valence-corrected chi connectivity index (χ1v) is 9.40. The highest BCUT2D eigenvalue weighted by atomic mass is 32.2. The van der Waals surface area contributed by atoms with Gasteiger partial charge in [0.25, 0.3) is 0 Å². The van der Waals surface area contributed by atoms with Gasteiger partial charge in [0, 0.05) is 12.5 Å². The summed E-state index contributed by atoms with van der Waals surface area (Å²) in [6, 6.07) is 6.64. The maximum Gasteiger partial charge on any atom is 0.315 e. The van der Waals surface area contributed by atoms with Gasteiger partial charge in [0.15, 0.2) is 15.7 Å². The molecule has 0 fully saturated rings. The number of hydrogen-bond donors (Lipinski definition) is 1. The van der Waals surface area contributed by atoms with Crippen LogP contribution in [0.5, 0.6) is 0 Å². The summed E-state index contributed by atoms with van der Waals surface area (Å²) in [6.07, 6.45) is 0.859. The number of hydrogen-bond acceptors (Lipinski definition) is 6. The van der Waals surface area contributed by atoms with Crippen molar-refractivity contribution in [1.29, 1.82) is 0 Å². The molecule has 1 atom stereocenters. The van der Waals surface area contributed by atoms with Crippen LogP contribution in [0.2, 0.25) is 0 Å². The maximum atomic E-state index is 12.3. The molecule has 0 aliphatic heterocycles. The van der Waals surface area contributed by atoms with Crippen molar-refractivity contribution >= 4 is 15.7 Å². The van der Waals surface area contributed by atoms with Crippen LogP contribution in [0.4, 0.5) is 0 Å². The quantitative estimate of drug-likeness (QED) is 0.817. The standard InChI is InChI=1S/C16H21N3O4S/c1-4-12(3)17-15(20)16-18-14(19-23-16)9-10-24(21,22)13-7-5-11(2)6-8-13/h5-8,12H,4,9-10H2,1-3H3,(H,17,20)/t12-/m0/s1. The van der Waals surface area contributed by atoms with Gasteiger partial charge in [-0.15, -0.1) is 0 Å². The van der Waals surface area contributed by atoms with Gasteiger partial charge in [0.05, 0.1) is 10.6 Å². The van der Waals surface area contributed by atoms with Gasteiger partial charge in [-0.2, -0.15) is 4.98 Å². The van der Waals surface area contributed by atoms with Crippen LogP contribution in [0.15, 0.2) is 33.7 Å². The molecular formula is C16H21N3O4S. The summed E-state index contributed by atoms with van der Waals surface area (Å²) < 4.78 is 29.4. The second kappa shape index (κ2) is 7.57. The number of rotatable bonds is 7. The molecule has 2 aromatic rings. The van der Waals surface area contributed by atoms with Crippen molar-refractivity contribution < 1.29 is 17.7 Å². The number of sulfone groups is 1. The average molecular weight is 351 g/mol. The van der Waals surface area contributed by atoms with Crippen molar-refractivity contribution in [3.05, 3.63) is 41.5 Å². The van der Waals surface area contributed by atoms with Gasteiger partial charge < -0.3 is 9.84 Å². The van der Waals surface area contributed by atoms with Crippen LogP contribution in [-0.4, -0.2) is 36.3 Å². The molecule has 0 unspecified atom stereocenters. The topological polar surface area (TPSA) is 102 Å². The Hall–Kier alpha value is -2.22. The van der Waals surface area contributed by atoms with Crippen LogP contribution in [0.3, 0.4) is 0 Å². The fourth-order valence-electron chi connectivity index (χ4n) is 1.92. The highest BCUT2D eigenvalue weighted by Gasteiger charge is 2.19. The Morgan fingerprint density at radius 2 is 1.96 bits per heavy atom. The maximum absolute atomic E-state index is 12.3. The van der Waals surface area contributed by atoms with E-state index in [-0.39, 0.29) is 34.8 Å². The molecule has 1 N–H and O–H groups in total. The number of benzene rings is 1. The number of aromatic nitrogens is 2. The minimum absolute atomic E-state index is 0.00485.